The van der Waals surface area contributed by atoms with Crippen LogP contribution in [0.1, 0.15) is 5.56 Å². The van der Waals surface area contributed by atoms with E-state index >= 15 is 0 Å². The summed E-state index contributed by atoms with van der Waals surface area (Å²) in [5.74, 6) is 0. The number of amides is 2. The molecule has 0 spiro atoms. The molecule has 1 aliphatic rings. The Hall–Kier alpha value is -2.78. The Bertz CT molecular complexity index is 825. The van der Waals surface area contributed by atoms with E-state index in [1.807, 2.05) is 28.0 Å². The second kappa shape index (κ2) is 9.82. The molecular formula is C21H25F3N4O2. The number of para-hydroxylation sites is 1. The van der Waals surface area contributed by atoms with Crippen molar-refractivity contribution in [2.75, 3.05) is 49.5 Å². The lowest BCUT2D eigenvalue weighted by Crippen LogP contribution is -2.50. The van der Waals surface area contributed by atoms with Crippen molar-refractivity contribution < 1.29 is 23.1 Å². The molecule has 1 saturated heterocycles. The van der Waals surface area contributed by atoms with E-state index in [9.17, 15) is 23.1 Å². The summed E-state index contributed by atoms with van der Waals surface area (Å²) in [6.07, 6.45) is -5.10. The highest BCUT2D eigenvalue weighted by atomic mass is 19.4. The standard InChI is InChI=1S/C21H25F3N4O2/c22-21(23,24)16-5-4-8-18(13-16)28-11-9-27(10-12-28)15-19(29)14-25-20(30)26-17-6-2-1-3-7-17/h1-8,13,19,29H,9-12,14-15H2,(H2,25,26,30). The largest absolute Gasteiger partial charge is 0.416 e. The number of hydrogen-bond donors (Lipinski definition) is 3. The van der Waals surface area contributed by atoms with Crippen LogP contribution in [0.5, 0.6) is 0 Å². The number of carbonyl (C=O) groups excluding carboxylic acids is 1. The molecule has 30 heavy (non-hydrogen) atoms. The monoisotopic (exact) mass is 422 g/mol. The number of alkyl halides is 3. The van der Waals surface area contributed by atoms with Crippen LogP contribution in [0.2, 0.25) is 0 Å². The Morgan fingerprint density at radius 3 is 2.40 bits per heavy atom. The van der Waals surface area contributed by atoms with Crippen LogP contribution in [0.25, 0.3) is 0 Å². The molecule has 0 bridgehead atoms. The number of urea groups is 1. The number of halogens is 3. The third-order valence-corrected chi connectivity index (χ3v) is 4.91. The molecule has 1 aliphatic heterocycles. The summed E-state index contributed by atoms with van der Waals surface area (Å²) in [5.41, 5.74) is 0.553. The van der Waals surface area contributed by atoms with Crippen LogP contribution in [-0.2, 0) is 6.18 Å². The summed E-state index contributed by atoms with van der Waals surface area (Å²) in [6.45, 7) is 2.84. The second-order valence-electron chi connectivity index (χ2n) is 7.19. The summed E-state index contributed by atoms with van der Waals surface area (Å²) in [4.78, 5) is 15.8. The van der Waals surface area contributed by atoms with Gasteiger partial charge in [-0.1, -0.05) is 24.3 Å². The molecule has 3 rings (SSSR count). The first-order valence-electron chi connectivity index (χ1n) is 9.74. The van der Waals surface area contributed by atoms with Gasteiger partial charge in [0, 0.05) is 50.6 Å². The summed E-state index contributed by atoms with van der Waals surface area (Å²) in [5, 5.41) is 15.5. The van der Waals surface area contributed by atoms with Gasteiger partial charge in [0.1, 0.15) is 0 Å². The number of aliphatic hydroxyl groups excluding tert-OH is 1. The zero-order valence-corrected chi connectivity index (χ0v) is 16.4. The molecule has 3 N–H and O–H groups in total. The normalized spacial score (nSPS) is 16.2. The minimum absolute atomic E-state index is 0.104. The van der Waals surface area contributed by atoms with Crippen LogP contribution >= 0.6 is 0 Å². The average Bonchev–Trinajstić information content (AvgIpc) is 2.73. The van der Waals surface area contributed by atoms with Gasteiger partial charge in [-0.05, 0) is 30.3 Å². The van der Waals surface area contributed by atoms with Crippen molar-refractivity contribution in [2.45, 2.75) is 12.3 Å². The molecule has 162 valence electrons. The van der Waals surface area contributed by atoms with E-state index in [2.05, 4.69) is 10.6 Å². The topological polar surface area (TPSA) is 67.8 Å². The van der Waals surface area contributed by atoms with Gasteiger partial charge in [0.2, 0.25) is 0 Å². The minimum Gasteiger partial charge on any atom is -0.390 e. The van der Waals surface area contributed by atoms with Gasteiger partial charge in [-0.15, -0.1) is 0 Å². The van der Waals surface area contributed by atoms with E-state index in [0.717, 1.165) is 6.07 Å². The van der Waals surface area contributed by atoms with E-state index in [1.165, 1.54) is 12.1 Å². The number of nitrogens with one attached hydrogen (secondary N) is 2. The molecule has 1 heterocycles. The number of anilines is 2. The number of hydrogen-bond acceptors (Lipinski definition) is 4. The molecule has 1 atom stereocenters. The molecule has 0 saturated carbocycles. The fourth-order valence-corrected chi connectivity index (χ4v) is 3.34. The zero-order chi connectivity index (χ0) is 21.6. The fraction of sp³-hybridized carbons (Fsp3) is 0.381. The maximum atomic E-state index is 12.9. The van der Waals surface area contributed by atoms with Crippen molar-refractivity contribution >= 4 is 17.4 Å². The van der Waals surface area contributed by atoms with Crippen LogP contribution in [0, 0.1) is 0 Å². The lowest BCUT2D eigenvalue weighted by Gasteiger charge is -2.37. The summed E-state index contributed by atoms with van der Waals surface area (Å²) >= 11 is 0. The van der Waals surface area contributed by atoms with E-state index in [0.29, 0.717) is 44.1 Å². The summed E-state index contributed by atoms with van der Waals surface area (Å²) in [7, 11) is 0. The van der Waals surface area contributed by atoms with Crippen molar-refractivity contribution in [3.8, 4) is 0 Å². The SMILES string of the molecule is O=C(NCC(O)CN1CCN(c2cccc(C(F)(F)F)c2)CC1)Nc1ccccc1. The van der Waals surface area contributed by atoms with E-state index in [1.54, 1.807) is 18.2 Å². The van der Waals surface area contributed by atoms with Crippen molar-refractivity contribution in [2.24, 2.45) is 0 Å². The molecule has 2 aromatic rings. The second-order valence-corrected chi connectivity index (χ2v) is 7.19. The van der Waals surface area contributed by atoms with Crippen LogP contribution in [-0.4, -0.2) is 61.4 Å². The number of rotatable bonds is 6. The van der Waals surface area contributed by atoms with Crippen molar-refractivity contribution in [3.05, 3.63) is 60.2 Å². The molecule has 0 aliphatic carbocycles. The average molecular weight is 422 g/mol. The van der Waals surface area contributed by atoms with E-state index in [4.69, 9.17) is 0 Å². The van der Waals surface area contributed by atoms with Crippen molar-refractivity contribution in [1.82, 2.24) is 10.2 Å². The Labute approximate surface area is 173 Å². The molecule has 2 aromatic carbocycles. The fourth-order valence-electron chi connectivity index (χ4n) is 3.34. The van der Waals surface area contributed by atoms with Crippen molar-refractivity contribution in [3.63, 3.8) is 0 Å². The third kappa shape index (κ3) is 6.36. The maximum Gasteiger partial charge on any atom is 0.416 e. The predicted octanol–water partition coefficient (Wildman–Crippen LogP) is 3.01. The zero-order valence-electron chi connectivity index (χ0n) is 16.4. The highest BCUT2D eigenvalue weighted by molar-refractivity contribution is 5.89. The Kier molecular flexibility index (Phi) is 7.17. The molecule has 0 aromatic heterocycles. The number of benzene rings is 2. The highest BCUT2D eigenvalue weighted by Crippen LogP contribution is 2.31. The van der Waals surface area contributed by atoms with Crippen LogP contribution in [0.15, 0.2) is 54.6 Å². The molecule has 1 fully saturated rings. The quantitative estimate of drug-likeness (QED) is 0.670. The first-order valence-corrected chi connectivity index (χ1v) is 9.74. The van der Waals surface area contributed by atoms with Gasteiger partial charge in [-0.3, -0.25) is 4.90 Å². The minimum atomic E-state index is -4.36. The van der Waals surface area contributed by atoms with Gasteiger partial charge in [-0.2, -0.15) is 13.2 Å². The van der Waals surface area contributed by atoms with E-state index in [-0.39, 0.29) is 6.54 Å². The Morgan fingerprint density at radius 2 is 1.73 bits per heavy atom. The number of carbonyl (C=O) groups is 1. The Morgan fingerprint density at radius 1 is 1.03 bits per heavy atom. The molecular weight excluding hydrogens is 397 g/mol. The van der Waals surface area contributed by atoms with Crippen LogP contribution < -0.4 is 15.5 Å². The first kappa shape index (κ1) is 21.9. The lowest BCUT2D eigenvalue weighted by atomic mass is 10.1. The van der Waals surface area contributed by atoms with Crippen molar-refractivity contribution in [1.29, 1.82) is 0 Å². The maximum absolute atomic E-state index is 12.9. The predicted molar refractivity (Wildman–Crippen MR) is 110 cm³/mol. The molecule has 9 heteroatoms. The van der Waals surface area contributed by atoms with Gasteiger partial charge in [0.05, 0.1) is 11.7 Å². The van der Waals surface area contributed by atoms with Gasteiger partial charge < -0.3 is 20.6 Å². The number of nitrogens with zero attached hydrogens (tertiary/aromatic N) is 2. The number of piperazine rings is 1. The highest BCUT2D eigenvalue weighted by Gasteiger charge is 2.31. The Balaban J connectivity index is 1.40. The first-order chi connectivity index (χ1) is 14.3. The summed E-state index contributed by atoms with van der Waals surface area (Å²) in [6, 6.07) is 13.9. The molecule has 0 radical (unpaired) electrons. The summed E-state index contributed by atoms with van der Waals surface area (Å²) < 4.78 is 38.7. The molecule has 6 nitrogen and oxygen atoms in total. The van der Waals surface area contributed by atoms with Gasteiger partial charge in [0.25, 0.3) is 0 Å². The van der Waals surface area contributed by atoms with Gasteiger partial charge in [-0.25, -0.2) is 4.79 Å². The number of β-amino-alcohol motifs (C(OH)–C–C–N with tert-alkyl or cyclic N) is 1. The lowest BCUT2D eigenvalue weighted by molar-refractivity contribution is -0.137. The smallest absolute Gasteiger partial charge is 0.390 e. The van der Waals surface area contributed by atoms with E-state index < -0.39 is 23.9 Å². The van der Waals surface area contributed by atoms with Crippen LogP contribution in [0.3, 0.4) is 0 Å². The molecule has 1 unspecified atom stereocenters. The molecule has 2 amide bonds. The van der Waals surface area contributed by atoms with Gasteiger partial charge >= 0.3 is 12.2 Å². The van der Waals surface area contributed by atoms with Gasteiger partial charge in [0.15, 0.2) is 0 Å². The number of aliphatic hydroxyl groups is 1. The third-order valence-electron chi connectivity index (χ3n) is 4.91. The van der Waals surface area contributed by atoms with Crippen LogP contribution in [0.4, 0.5) is 29.3 Å².